The number of nitrogens with one attached hydrogen (secondary N) is 3. The summed E-state index contributed by atoms with van der Waals surface area (Å²) in [7, 11) is 0. The first-order valence-electron chi connectivity index (χ1n) is 11.9. The van der Waals surface area contributed by atoms with Crippen molar-refractivity contribution in [3.05, 3.63) is 58.6 Å². The van der Waals surface area contributed by atoms with Crippen molar-refractivity contribution >= 4 is 29.3 Å². The molecule has 2 aliphatic rings. The van der Waals surface area contributed by atoms with Gasteiger partial charge < -0.3 is 19.9 Å². The van der Waals surface area contributed by atoms with Gasteiger partial charge in [-0.1, -0.05) is 32.9 Å². The Morgan fingerprint density at radius 1 is 1.18 bits per heavy atom. The van der Waals surface area contributed by atoms with Gasteiger partial charge in [-0.15, -0.1) is 0 Å². The van der Waals surface area contributed by atoms with Crippen LogP contribution in [0.15, 0.2) is 51.3 Å². The fraction of sp³-hybridized carbons (Fsp3) is 0.385. The van der Waals surface area contributed by atoms with Crippen molar-refractivity contribution in [1.82, 2.24) is 10.5 Å². The highest BCUT2D eigenvalue weighted by atomic mass is 19.4. The lowest BCUT2D eigenvalue weighted by atomic mass is 9.92. The number of amidine groups is 1. The summed E-state index contributed by atoms with van der Waals surface area (Å²) in [6, 6.07) is 3.06. The number of carbonyl (C=O) groups excluding carboxylic acids is 2. The van der Waals surface area contributed by atoms with E-state index in [0.717, 1.165) is 11.6 Å². The molecule has 0 aliphatic carbocycles. The zero-order valence-corrected chi connectivity index (χ0v) is 21.5. The fourth-order valence-electron chi connectivity index (χ4n) is 4.16. The third-order valence-electron chi connectivity index (χ3n) is 6.26. The van der Waals surface area contributed by atoms with E-state index in [4.69, 9.17) is 9.26 Å². The van der Waals surface area contributed by atoms with Gasteiger partial charge in [0.05, 0.1) is 16.9 Å². The number of allylic oxidation sites excluding steroid dienone is 1. The molecule has 1 saturated heterocycles. The van der Waals surface area contributed by atoms with Crippen LogP contribution in [0.3, 0.4) is 0 Å². The van der Waals surface area contributed by atoms with Crippen LogP contribution < -0.4 is 20.7 Å². The molecular weight excluding hydrogens is 503 g/mol. The predicted molar refractivity (Wildman–Crippen MR) is 135 cm³/mol. The molecular formula is C26H28F3N5O4. The molecule has 3 heterocycles. The Morgan fingerprint density at radius 2 is 1.92 bits per heavy atom. The van der Waals surface area contributed by atoms with Gasteiger partial charge in [-0.25, -0.2) is 9.79 Å². The first kappa shape index (κ1) is 27.0. The van der Waals surface area contributed by atoms with Gasteiger partial charge in [0, 0.05) is 35.6 Å². The van der Waals surface area contributed by atoms with Crippen molar-refractivity contribution in [2.45, 2.75) is 59.1 Å². The maximum atomic E-state index is 14.2. The number of halogens is 3. The quantitative estimate of drug-likeness (QED) is 0.444. The van der Waals surface area contributed by atoms with Crippen molar-refractivity contribution in [1.29, 1.82) is 0 Å². The third-order valence-corrected chi connectivity index (χ3v) is 6.26. The maximum absolute atomic E-state index is 14.2. The standard InChI is InChI=1S/C26H28F3N5O4/c1-13-15-6-9-20(35)32-23(13)30-11-10-18(15)37-17-8-7-16(22(14(17)2)26(27,28)29)31-24(36)33-21-12-19(34-38-21)25(3,4)5/h7-8,10-13H,6,9H2,1-5H3,(H,30,32,35)(H2,31,33,36)/t13-/m1/s1. The molecule has 1 atom stereocenters. The molecule has 2 aliphatic heterocycles. The van der Waals surface area contributed by atoms with E-state index in [9.17, 15) is 22.8 Å². The van der Waals surface area contributed by atoms with E-state index in [0.29, 0.717) is 23.7 Å². The topological polar surface area (TPSA) is 118 Å². The number of urea groups is 1. The van der Waals surface area contributed by atoms with Gasteiger partial charge in [-0.3, -0.25) is 10.1 Å². The molecule has 1 aromatic heterocycles. The maximum Gasteiger partial charge on any atom is 0.418 e. The predicted octanol–water partition coefficient (Wildman–Crippen LogP) is 6.05. The minimum Gasteiger partial charge on any atom is -0.457 e. The Labute approximate surface area is 217 Å². The largest absolute Gasteiger partial charge is 0.457 e. The summed E-state index contributed by atoms with van der Waals surface area (Å²) in [5, 5.41) is 11.2. The minimum atomic E-state index is -4.79. The number of amides is 3. The number of ether oxygens (including phenoxy) is 1. The van der Waals surface area contributed by atoms with Gasteiger partial charge in [0.1, 0.15) is 17.3 Å². The Hall–Kier alpha value is -4.09. The number of carbonyl (C=O) groups is 2. The van der Waals surface area contributed by atoms with Crippen molar-refractivity contribution < 1.29 is 32.0 Å². The highest BCUT2D eigenvalue weighted by molar-refractivity contribution is 6.02. The smallest absolute Gasteiger partial charge is 0.418 e. The fourth-order valence-corrected chi connectivity index (χ4v) is 4.16. The van der Waals surface area contributed by atoms with Gasteiger partial charge in [0.2, 0.25) is 11.8 Å². The summed E-state index contributed by atoms with van der Waals surface area (Å²) in [4.78, 5) is 28.7. The van der Waals surface area contributed by atoms with Crippen molar-refractivity contribution in [3.8, 4) is 5.75 Å². The summed E-state index contributed by atoms with van der Waals surface area (Å²) < 4.78 is 53.5. The summed E-state index contributed by atoms with van der Waals surface area (Å²) in [5.41, 5.74) is -0.742. The normalized spacial score (nSPS) is 17.8. The summed E-state index contributed by atoms with van der Waals surface area (Å²) in [5.74, 6) is 0.259. The number of aliphatic imine (C=N–C) groups is 1. The number of hydrogen-bond donors (Lipinski definition) is 3. The van der Waals surface area contributed by atoms with E-state index in [1.807, 2.05) is 27.7 Å². The second-order valence-corrected chi connectivity index (χ2v) is 10.1. The molecule has 3 amide bonds. The lowest BCUT2D eigenvalue weighted by Crippen LogP contribution is -2.32. The zero-order chi connectivity index (χ0) is 27.8. The van der Waals surface area contributed by atoms with Crippen molar-refractivity contribution in [2.24, 2.45) is 10.9 Å². The molecule has 0 radical (unpaired) electrons. The zero-order valence-electron chi connectivity index (χ0n) is 21.5. The molecule has 1 aromatic carbocycles. The van der Waals surface area contributed by atoms with E-state index in [1.54, 1.807) is 6.08 Å². The van der Waals surface area contributed by atoms with Gasteiger partial charge in [0.15, 0.2) is 0 Å². The number of benzene rings is 1. The van der Waals surface area contributed by atoms with Crippen LogP contribution in [0.1, 0.15) is 57.4 Å². The van der Waals surface area contributed by atoms with Crippen LogP contribution >= 0.6 is 0 Å². The molecule has 0 unspecified atom stereocenters. The first-order valence-corrected chi connectivity index (χ1v) is 11.9. The number of rotatable bonds is 4. The second-order valence-electron chi connectivity index (χ2n) is 10.1. The average Bonchev–Trinajstić information content (AvgIpc) is 3.17. The summed E-state index contributed by atoms with van der Waals surface area (Å²) >= 11 is 0. The lowest BCUT2D eigenvalue weighted by Gasteiger charge is -2.21. The molecule has 38 heavy (non-hydrogen) atoms. The molecule has 12 heteroatoms. The highest BCUT2D eigenvalue weighted by Gasteiger charge is 2.37. The van der Waals surface area contributed by atoms with Crippen molar-refractivity contribution in [3.63, 3.8) is 0 Å². The lowest BCUT2D eigenvalue weighted by molar-refractivity contribution is -0.137. The van der Waals surface area contributed by atoms with E-state index in [2.05, 4.69) is 26.1 Å². The molecule has 4 rings (SSSR count). The Balaban J connectivity index is 1.61. The average molecular weight is 532 g/mol. The van der Waals surface area contributed by atoms with E-state index in [-0.39, 0.29) is 40.9 Å². The Kier molecular flexibility index (Phi) is 7.09. The minimum absolute atomic E-state index is 0.00156. The third kappa shape index (κ3) is 5.74. The number of fused-ring (bicyclic) bond motifs is 2. The van der Waals surface area contributed by atoms with E-state index < -0.39 is 23.5 Å². The van der Waals surface area contributed by atoms with Gasteiger partial charge >= 0.3 is 12.2 Å². The van der Waals surface area contributed by atoms with Gasteiger partial charge in [-0.05, 0) is 37.1 Å². The SMILES string of the molecule is Cc1c(OC2=C3CCC(=O)NC(=NC=C2)[C@@H]3C)ccc(NC(=O)Nc2cc(C(C)(C)C)no2)c1C(F)(F)F. The molecule has 202 valence electrons. The van der Waals surface area contributed by atoms with E-state index in [1.165, 1.54) is 25.3 Å². The highest BCUT2D eigenvalue weighted by Crippen LogP contribution is 2.42. The number of alkyl halides is 3. The summed E-state index contributed by atoms with van der Waals surface area (Å²) in [6.45, 7) is 8.81. The molecule has 0 saturated carbocycles. The van der Waals surface area contributed by atoms with Crippen LogP contribution in [-0.2, 0) is 16.4 Å². The van der Waals surface area contributed by atoms with Crippen LogP contribution in [0.25, 0.3) is 0 Å². The van der Waals surface area contributed by atoms with Crippen LogP contribution in [-0.4, -0.2) is 22.9 Å². The number of aromatic nitrogens is 1. The van der Waals surface area contributed by atoms with Gasteiger partial charge in [-0.2, -0.15) is 13.2 Å². The molecule has 0 spiro atoms. The number of anilines is 2. The first-order chi connectivity index (χ1) is 17.7. The van der Waals surface area contributed by atoms with Crippen LogP contribution in [0.4, 0.5) is 29.5 Å². The van der Waals surface area contributed by atoms with Crippen LogP contribution in [0, 0.1) is 12.8 Å². The van der Waals surface area contributed by atoms with Crippen LogP contribution in [0.2, 0.25) is 0 Å². The summed E-state index contributed by atoms with van der Waals surface area (Å²) in [6.07, 6.45) is -1.22. The molecule has 2 aromatic rings. The van der Waals surface area contributed by atoms with Crippen molar-refractivity contribution in [2.75, 3.05) is 10.6 Å². The second kappa shape index (κ2) is 9.99. The number of nitrogens with zero attached hydrogens (tertiary/aromatic N) is 2. The number of hydrogen-bond acceptors (Lipinski definition) is 6. The molecule has 3 N–H and O–H groups in total. The molecule has 2 bridgehead atoms. The molecule has 1 fully saturated rings. The van der Waals surface area contributed by atoms with Crippen LogP contribution in [0.5, 0.6) is 5.75 Å². The van der Waals surface area contributed by atoms with E-state index >= 15 is 0 Å². The Morgan fingerprint density at radius 3 is 2.58 bits per heavy atom. The Bertz CT molecular complexity index is 1370. The van der Waals surface area contributed by atoms with Gasteiger partial charge in [0.25, 0.3) is 0 Å². The molecule has 9 nitrogen and oxygen atoms in total. The monoisotopic (exact) mass is 531 g/mol.